The molecule has 0 fully saturated rings. The minimum absolute atomic E-state index is 0.0753. The molecular formula is C23H21Cl3N3O2+. The Labute approximate surface area is 195 Å². The van der Waals surface area contributed by atoms with Crippen LogP contribution in [0, 0.1) is 0 Å². The molecule has 0 bridgehead atoms. The van der Waals surface area contributed by atoms with E-state index in [9.17, 15) is 9.59 Å². The molecule has 160 valence electrons. The molecule has 3 rings (SSSR count). The molecule has 0 aliphatic carbocycles. The molecule has 3 N–H and O–H groups in total. The Morgan fingerprint density at radius 1 is 0.806 bits per heavy atom. The summed E-state index contributed by atoms with van der Waals surface area (Å²) in [6.45, 7) is 0.0753. The van der Waals surface area contributed by atoms with Crippen molar-refractivity contribution in [2.75, 3.05) is 24.2 Å². The van der Waals surface area contributed by atoms with Crippen molar-refractivity contribution in [2.24, 2.45) is 0 Å². The third kappa shape index (κ3) is 6.71. The van der Waals surface area contributed by atoms with Gasteiger partial charge in [0.25, 0.3) is 11.8 Å². The van der Waals surface area contributed by atoms with Crippen LogP contribution in [0.3, 0.4) is 0 Å². The minimum Gasteiger partial charge on any atom is -0.321 e. The molecule has 2 amide bonds. The average Bonchev–Trinajstić information content (AvgIpc) is 2.70. The molecular weight excluding hydrogens is 457 g/mol. The van der Waals surface area contributed by atoms with Crippen molar-refractivity contribution in [1.29, 1.82) is 0 Å². The number of nitrogens with one attached hydrogen (secondary N) is 3. The monoisotopic (exact) mass is 476 g/mol. The van der Waals surface area contributed by atoms with Gasteiger partial charge in [-0.25, -0.2) is 0 Å². The van der Waals surface area contributed by atoms with Crippen molar-refractivity contribution in [3.63, 3.8) is 0 Å². The van der Waals surface area contributed by atoms with E-state index in [0.29, 0.717) is 31.3 Å². The van der Waals surface area contributed by atoms with E-state index in [1.807, 2.05) is 30.3 Å². The van der Waals surface area contributed by atoms with Crippen molar-refractivity contribution in [3.05, 3.63) is 93.4 Å². The molecule has 0 saturated carbocycles. The maximum absolute atomic E-state index is 13.2. The highest BCUT2D eigenvalue weighted by Gasteiger charge is 2.30. The number of likely N-dealkylation sites (N-methyl/N-ethyl adjacent to an activating group) is 1. The zero-order valence-corrected chi connectivity index (χ0v) is 18.9. The van der Waals surface area contributed by atoms with Crippen molar-refractivity contribution in [1.82, 2.24) is 0 Å². The maximum Gasteiger partial charge on any atom is 0.287 e. The van der Waals surface area contributed by atoms with Crippen LogP contribution < -0.4 is 15.5 Å². The Hall–Kier alpha value is -2.57. The Kier molecular flexibility index (Phi) is 7.93. The molecule has 8 heteroatoms. The van der Waals surface area contributed by atoms with Gasteiger partial charge in [-0.05, 0) is 42.5 Å². The molecule has 0 radical (unpaired) electrons. The molecule has 3 aromatic rings. The second-order valence-corrected chi connectivity index (χ2v) is 8.38. The van der Waals surface area contributed by atoms with Gasteiger partial charge in [-0.3, -0.25) is 9.59 Å². The summed E-state index contributed by atoms with van der Waals surface area (Å²) in [5.41, 5.74) is 1.91. The van der Waals surface area contributed by atoms with Gasteiger partial charge in [0.2, 0.25) is 0 Å². The van der Waals surface area contributed by atoms with Crippen LogP contribution in [0.25, 0.3) is 0 Å². The van der Waals surface area contributed by atoms with Crippen LogP contribution in [0.1, 0.15) is 11.6 Å². The lowest BCUT2D eigenvalue weighted by molar-refractivity contribution is -0.893. The number of quaternary nitrogens is 1. The van der Waals surface area contributed by atoms with Crippen molar-refractivity contribution < 1.29 is 14.5 Å². The average molecular weight is 478 g/mol. The van der Waals surface area contributed by atoms with Gasteiger partial charge in [-0.15, -0.1) is 0 Å². The van der Waals surface area contributed by atoms with E-state index in [1.165, 1.54) is 0 Å². The number of hydrogen-bond donors (Lipinski definition) is 3. The van der Waals surface area contributed by atoms with Crippen LogP contribution in [0.4, 0.5) is 11.4 Å². The first-order valence-corrected chi connectivity index (χ1v) is 10.6. The van der Waals surface area contributed by atoms with Gasteiger partial charge in [0.15, 0.2) is 12.6 Å². The summed E-state index contributed by atoms with van der Waals surface area (Å²) in [5, 5.41) is 7.11. The number of carbonyl (C=O) groups is 2. The summed E-state index contributed by atoms with van der Waals surface area (Å²) in [6.07, 6.45) is 0. The van der Waals surface area contributed by atoms with Gasteiger partial charge in [0.05, 0.1) is 7.05 Å². The smallest absolute Gasteiger partial charge is 0.287 e. The first-order valence-electron chi connectivity index (χ1n) is 9.51. The van der Waals surface area contributed by atoms with E-state index in [2.05, 4.69) is 10.6 Å². The first-order chi connectivity index (χ1) is 14.8. The maximum atomic E-state index is 13.2. The second-order valence-electron chi connectivity index (χ2n) is 7.07. The molecule has 0 aliphatic heterocycles. The van der Waals surface area contributed by atoms with Crippen molar-refractivity contribution >= 4 is 58.0 Å². The molecule has 1 unspecified atom stereocenters. The molecule has 31 heavy (non-hydrogen) atoms. The summed E-state index contributed by atoms with van der Waals surface area (Å²) in [5.74, 6) is -0.499. The first kappa shape index (κ1) is 23.1. The number of amides is 2. The number of rotatable bonds is 7. The van der Waals surface area contributed by atoms with Gasteiger partial charge >= 0.3 is 0 Å². The number of carbonyl (C=O) groups excluding carboxylic acids is 2. The highest BCUT2D eigenvalue weighted by atomic mass is 35.5. The van der Waals surface area contributed by atoms with Gasteiger partial charge in [-0.1, -0.05) is 65.1 Å². The van der Waals surface area contributed by atoms with Crippen LogP contribution >= 0.6 is 34.8 Å². The van der Waals surface area contributed by atoms with E-state index >= 15 is 0 Å². The highest BCUT2D eigenvalue weighted by molar-refractivity contribution is 6.35. The number of halogens is 3. The summed E-state index contributed by atoms with van der Waals surface area (Å²) >= 11 is 18.0. The molecule has 5 nitrogen and oxygen atoms in total. The normalized spacial score (nSPS) is 12.6. The SMILES string of the molecule is C[NH+](CC(=O)Nc1ccc(Cl)cc1)[C@@H](C(=O)Nc1cc(Cl)cc(Cl)c1)c1ccccc1. The topological polar surface area (TPSA) is 62.6 Å². The van der Waals surface area contributed by atoms with E-state index < -0.39 is 6.04 Å². The fourth-order valence-corrected chi connectivity index (χ4v) is 3.89. The van der Waals surface area contributed by atoms with Gasteiger partial charge < -0.3 is 15.5 Å². The van der Waals surface area contributed by atoms with E-state index in [-0.39, 0.29) is 18.4 Å². The lowest BCUT2D eigenvalue weighted by Crippen LogP contribution is -3.11. The standard InChI is InChI=1S/C23H20Cl3N3O2/c1-29(14-21(30)27-19-9-7-16(24)8-10-19)22(15-5-3-2-4-6-15)23(31)28-20-12-17(25)11-18(26)13-20/h2-13,22H,14H2,1H3,(H,27,30)(H,28,31)/p+1/t22-/m1/s1. The summed E-state index contributed by atoms with van der Waals surface area (Å²) in [4.78, 5) is 26.5. The Morgan fingerprint density at radius 2 is 1.42 bits per heavy atom. The molecule has 2 atom stereocenters. The van der Waals surface area contributed by atoms with Crippen molar-refractivity contribution in [3.8, 4) is 0 Å². The minimum atomic E-state index is -0.630. The van der Waals surface area contributed by atoms with Crippen LogP contribution in [0.15, 0.2) is 72.8 Å². The molecule has 0 saturated heterocycles. The predicted octanol–water partition coefficient (Wildman–Crippen LogP) is 4.48. The molecule has 0 aromatic heterocycles. The fraction of sp³-hybridized carbons (Fsp3) is 0.130. The van der Waals surface area contributed by atoms with Crippen LogP contribution in [-0.4, -0.2) is 25.4 Å². The summed E-state index contributed by atoms with van der Waals surface area (Å²) in [6, 6.07) is 20.3. The lowest BCUT2D eigenvalue weighted by atomic mass is 10.0. The molecule has 0 spiro atoms. The van der Waals surface area contributed by atoms with E-state index in [1.54, 1.807) is 49.5 Å². The second kappa shape index (κ2) is 10.6. The molecule has 3 aromatic carbocycles. The summed E-state index contributed by atoms with van der Waals surface area (Å²) in [7, 11) is 1.80. The van der Waals surface area contributed by atoms with Gasteiger partial charge in [0, 0.05) is 32.0 Å². The number of anilines is 2. The summed E-state index contributed by atoms with van der Waals surface area (Å²) < 4.78 is 0. The third-order valence-electron chi connectivity index (χ3n) is 4.59. The fourth-order valence-electron chi connectivity index (χ4n) is 3.24. The predicted molar refractivity (Wildman–Crippen MR) is 126 cm³/mol. The number of hydrogen-bond acceptors (Lipinski definition) is 2. The highest BCUT2D eigenvalue weighted by Crippen LogP contribution is 2.23. The zero-order chi connectivity index (χ0) is 22.4. The third-order valence-corrected chi connectivity index (χ3v) is 5.27. The van der Waals surface area contributed by atoms with Crippen LogP contribution in [0.2, 0.25) is 15.1 Å². The zero-order valence-electron chi connectivity index (χ0n) is 16.7. The Bertz CT molecular complexity index is 1040. The Balaban J connectivity index is 1.77. The van der Waals surface area contributed by atoms with Crippen molar-refractivity contribution in [2.45, 2.75) is 6.04 Å². The van der Waals surface area contributed by atoms with Gasteiger partial charge in [-0.2, -0.15) is 0 Å². The van der Waals surface area contributed by atoms with E-state index in [4.69, 9.17) is 34.8 Å². The largest absolute Gasteiger partial charge is 0.321 e. The Morgan fingerprint density at radius 3 is 2.03 bits per heavy atom. The lowest BCUT2D eigenvalue weighted by Gasteiger charge is -2.24. The van der Waals surface area contributed by atoms with E-state index in [0.717, 1.165) is 5.56 Å². The van der Waals surface area contributed by atoms with Crippen LogP contribution in [0.5, 0.6) is 0 Å². The quantitative estimate of drug-likeness (QED) is 0.470. The van der Waals surface area contributed by atoms with Gasteiger partial charge in [0.1, 0.15) is 0 Å². The molecule has 0 heterocycles. The van der Waals surface area contributed by atoms with Crippen LogP contribution in [-0.2, 0) is 9.59 Å². The number of benzene rings is 3. The molecule has 0 aliphatic rings.